The number of hydrogen-bond acceptors (Lipinski definition) is 6. The monoisotopic (exact) mass is 271 g/mol. The Kier molecular flexibility index (Phi) is 3.83. The first-order chi connectivity index (χ1) is 9.03. The molecule has 0 radical (unpaired) electrons. The van der Waals surface area contributed by atoms with Gasteiger partial charge in [0.25, 0.3) is 0 Å². The molecular formula is C11H17N3O5. The van der Waals surface area contributed by atoms with Gasteiger partial charge < -0.3 is 14.6 Å². The fourth-order valence-corrected chi connectivity index (χ4v) is 2.01. The smallest absolute Gasteiger partial charge is 0.315 e. The van der Waals surface area contributed by atoms with Crippen molar-refractivity contribution in [2.75, 3.05) is 19.8 Å². The van der Waals surface area contributed by atoms with Crippen LogP contribution in [0.1, 0.15) is 25.3 Å². The molecule has 1 aromatic heterocycles. The van der Waals surface area contributed by atoms with Crippen LogP contribution in [0.2, 0.25) is 0 Å². The number of aromatic nitrogens is 2. The van der Waals surface area contributed by atoms with Gasteiger partial charge in [-0.2, -0.15) is 5.10 Å². The highest BCUT2D eigenvalue weighted by Gasteiger charge is 2.39. The molecule has 1 aromatic rings. The van der Waals surface area contributed by atoms with E-state index in [4.69, 9.17) is 9.47 Å². The zero-order valence-corrected chi connectivity index (χ0v) is 10.9. The average molecular weight is 271 g/mol. The molecule has 0 bridgehead atoms. The maximum absolute atomic E-state index is 10.9. The van der Waals surface area contributed by atoms with Crippen molar-refractivity contribution in [2.24, 2.45) is 12.5 Å². The third kappa shape index (κ3) is 2.46. The largest absolute Gasteiger partial charge is 0.396 e. The van der Waals surface area contributed by atoms with Crippen LogP contribution in [-0.4, -0.2) is 39.6 Å². The molecule has 0 amide bonds. The molecule has 0 atom stereocenters. The van der Waals surface area contributed by atoms with Crippen LogP contribution in [0, 0.1) is 15.5 Å². The minimum Gasteiger partial charge on any atom is -0.396 e. The number of rotatable bonds is 4. The molecule has 0 saturated carbocycles. The lowest BCUT2D eigenvalue weighted by Crippen LogP contribution is -2.41. The molecule has 0 aromatic carbocycles. The van der Waals surface area contributed by atoms with Crippen molar-refractivity contribution in [3.05, 3.63) is 22.0 Å². The van der Waals surface area contributed by atoms with Crippen LogP contribution in [-0.2, 0) is 16.5 Å². The van der Waals surface area contributed by atoms with Crippen molar-refractivity contribution >= 4 is 5.69 Å². The molecule has 2 rings (SSSR count). The van der Waals surface area contributed by atoms with Gasteiger partial charge in [-0.1, -0.05) is 6.92 Å². The topological polar surface area (TPSA) is 99.6 Å². The lowest BCUT2D eigenvalue weighted by molar-refractivity contribution is -0.388. The van der Waals surface area contributed by atoms with Gasteiger partial charge in [-0.15, -0.1) is 0 Å². The predicted molar refractivity (Wildman–Crippen MR) is 64.3 cm³/mol. The van der Waals surface area contributed by atoms with E-state index in [-0.39, 0.29) is 18.0 Å². The van der Waals surface area contributed by atoms with Crippen LogP contribution in [0.3, 0.4) is 0 Å². The summed E-state index contributed by atoms with van der Waals surface area (Å²) in [6, 6.07) is 0. The normalized spacial score (nSPS) is 27.4. The van der Waals surface area contributed by atoms with Crippen LogP contribution in [0.25, 0.3) is 0 Å². The zero-order valence-electron chi connectivity index (χ0n) is 10.9. The van der Waals surface area contributed by atoms with Gasteiger partial charge in [0.1, 0.15) is 6.20 Å². The number of aliphatic hydroxyl groups excluding tert-OH is 1. The van der Waals surface area contributed by atoms with E-state index in [0.717, 1.165) is 0 Å². The van der Waals surface area contributed by atoms with Gasteiger partial charge in [0.15, 0.2) is 5.69 Å². The molecule has 0 aliphatic carbocycles. The van der Waals surface area contributed by atoms with Crippen molar-refractivity contribution in [1.82, 2.24) is 9.78 Å². The van der Waals surface area contributed by atoms with Crippen molar-refractivity contribution in [1.29, 1.82) is 0 Å². The van der Waals surface area contributed by atoms with Gasteiger partial charge in [0.2, 0.25) is 6.29 Å². The van der Waals surface area contributed by atoms with E-state index in [2.05, 4.69) is 5.10 Å². The molecule has 1 saturated heterocycles. The molecule has 19 heavy (non-hydrogen) atoms. The number of aliphatic hydroxyl groups is 1. The van der Waals surface area contributed by atoms with Gasteiger partial charge in [-0.05, 0) is 6.42 Å². The van der Waals surface area contributed by atoms with Gasteiger partial charge in [0.05, 0.1) is 24.7 Å². The summed E-state index contributed by atoms with van der Waals surface area (Å²) in [7, 11) is 1.60. The average Bonchev–Trinajstić information content (AvgIpc) is 2.81. The number of hydrogen-bond donors (Lipinski definition) is 1. The first-order valence-electron chi connectivity index (χ1n) is 6.03. The van der Waals surface area contributed by atoms with Crippen LogP contribution in [0.5, 0.6) is 0 Å². The molecule has 0 spiro atoms. The maximum atomic E-state index is 10.9. The van der Waals surface area contributed by atoms with Crippen molar-refractivity contribution in [3.8, 4) is 0 Å². The Balaban J connectivity index is 2.18. The minimum absolute atomic E-state index is 0.0380. The highest BCUT2D eigenvalue weighted by atomic mass is 16.7. The standard InChI is InChI=1S/C11H17N3O5/c1-3-11(5-15)6-18-10(19-7-11)9-8(14(16)17)4-12-13(9)2/h4,10,15H,3,5-7H2,1-2H3/t10-,11+. The van der Waals surface area contributed by atoms with E-state index in [1.165, 1.54) is 10.9 Å². The van der Waals surface area contributed by atoms with E-state index < -0.39 is 16.6 Å². The summed E-state index contributed by atoms with van der Waals surface area (Å²) in [5, 5.41) is 24.1. The molecule has 1 fully saturated rings. The molecule has 0 unspecified atom stereocenters. The van der Waals surface area contributed by atoms with Crippen molar-refractivity contribution in [2.45, 2.75) is 19.6 Å². The molecule has 2 heterocycles. The van der Waals surface area contributed by atoms with E-state index in [1.807, 2.05) is 6.92 Å². The molecule has 106 valence electrons. The third-order valence-corrected chi connectivity index (χ3v) is 3.55. The molecule has 8 nitrogen and oxygen atoms in total. The Bertz CT molecular complexity index is 459. The summed E-state index contributed by atoms with van der Waals surface area (Å²) < 4.78 is 12.5. The summed E-state index contributed by atoms with van der Waals surface area (Å²) >= 11 is 0. The Morgan fingerprint density at radius 1 is 1.63 bits per heavy atom. The van der Waals surface area contributed by atoms with E-state index in [0.29, 0.717) is 19.6 Å². The second-order valence-electron chi connectivity index (χ2n) is 4.76. The summed E-state index contributed by atoms with van der Waals surface area (Å²) in [6.45, 7) is 2.50. The third-order valence-electron chi connectivity index (χ3n) is 3.55. The first kappa shape index (κ1) is 13.9. The van der Waals surface area contributed by atoms with Crippen molar-refractivity contribution in [3.63, 3.8) is 0 Å². The summed E-state index contributed by atoms with van der Waals surface area (Å²) in [5.41, 5.74) is -0.266. The Morgan fingerprint density at radius 2 is 2.26 bits per heavy atom. The zero-order chi connectivity index (χ0) is 14.0. The lowest BCUT2D eigenvalue weighted by Gasteiger charge is -2.37. The van der Waals surface area contributed by atoms with Gasteiger partial charge >= 0.3 is 5.69 Å². The fraction of sp³-hybridized carbons (Fsp3) is 0.727. The van der Waals surface area contributed by atoms with Gasteiger partial charge in [-0.3, -0.25) is 14.8 Å². The lowest BCUT2D eigenvalue weighted by atomic mass is 9.87. The van der Waals surface area contributed by atoms with Crippen molar-refractivity contribution < 1.29 is 19.5 Å². The number of nitrogens with zero attached hydrogens (tertiary/aromatic N) is 3. The van der Waals surface area contributed by atoms with E-state index >= 15 is 0 Å². The Morgan fingerprint density at radius 3 is 2.74 bits per heavy atom. The number of aryl methyl sites for hydroxylation is 1. The summed E-state index contributed by atoms with van der Waals surface area (Å²) in [5.74, 6) is 0. The van der Waals surface area contributed by atoms with Crippen LogP contribution in [0.4, 0.5) is 5.69 Å². The van der Waals surface area contributed by atoms with Crippen LogP contribution in [0.15, 0.2) is 6.20 Å². The maximum Gasteiger partial charge on any atom is 0.315 e. The summed E-state index contributed by atoms with van der Waals surface area (Å²) in [4.78, 5) is 10.4. The Labute approximate surface area is 110 Å². The molecule has 1 aliphatic rings. The SMILES string of the molecule is CC[C@]1(CO)CO[C@@H](c2c([N+](=O)[O-])cnn2C)OC1. The van der Waals surface area contributed by atoms with Gasteiger partial charge in [-0.25, -0.2) is 0 Å². The summed E-state index contributed by atoms with van der Waals surface area (Å²) in [6.07, 6.45) is 1.07. The second kappa shape index (κ2) is 5.24. The molecule has 8 heteroatoms. The molecular weight excluding hydrogens is 254 g/mol. The number of nitro groups is 1. The number of ether oxygens (including phenoxy) is 2. The minimum atomic E-state index is -0.820. The second-order valence-corrected chi connectivity index (χ2v) is 4.76. The highest BCUT2D eigenvalue weighted by molar-refractivity contribution is 5.34. The highest BCUT2D eigenvalue weighted by Crippen LogP contribution is 2.36. The Hall–Kier alpha value is -1.51. The fourth-order valence-electron chi connectivity index (χ4n) is 2.01. The first-order valence-corrected chi connectivity index (χ1v) is 6.03. The van der Waals surface area contributed by atoms with Gasteiger partial charge in [0, 0.05) is 12.5 Å². The quantitative estimate of drug-likeness (QED) is 0.641. The predicted octanol–water partition coefficient (Wildman–Crippen LogP) is 0.762. The molecule has 1 N–H and O–H groups in total. The van der Waals surface area contributed by atoms with Crippen LogP contribution >= 0.6 is 0 Å². The van der Waals surface area contributed by atoms with E-state index in [1.54, 1.807) is 7.05 Å². The van der Waals surface area contributed by atoms with Crippen LogP contribution < -0.4 is 0 Å². The molecule has 1 aliphatic heterocycles. The van der Waals surface area contributed by atoms with E-state index in [9.17, 15) is 15.2 Å².